The molecule has 0 spiro atoms. The predicted octanol–water partition coefficient (Wildman–Crippen LogP) is 2.59. The first kappa shape index (κ1) is 14.0. The Hall–Kier alpha value is -1.43. The van der Waals surface area contributed by atoms with Gasteiger partial charge in [0.05, 0.1) is 17.8 Å². The van der Waals surface area contributed by atoms with E-state index in [9.17, 15) is 9.59 Å². The van der Waals surface area contributed by atoms with E-state index in [0.717, 1.165) is 10.2 Å². The largest absolute Gasteiger partial charge is 0.481 e. The molecule has 6 heteroatoms. The van der Waals surface area contributed by atoms with Gasteiger partial charge in [-0.1, -0.05) is 0 Å². The summed E-state index contributed by atoms with van der Waals surface area (Å²) in [4.78, 5) is 27.0. The number of amides is 1. The quantitative estimate of drug-likeness (QED) is 0.837. The lowest BCUT2D eigenvalue weighted by Crippen LogP contribution is -2.21. The number of nitrogens with zero attached hydrogens (tertiary/aromatic N) is 1. The lowest BCUT2D eigenvalue weighted by Gasteiger charge is -2.11. The van der Waals surface area contributed by atoms with E-state index in [-0.39, 0.29) is 17.7 Å². The topological polar surface area (TPSA) is 79.3 Å². The number of carbonyl (C=O) groups is 2. The van der Waals surface area contributed by atoms with Crippen molar-refractivity contribution in [2.45, 2.75) is 26.2 Å². The number of hydrogen-bond donors (Lipinski definition) is 2. The minimum atomic E-state index is -0.809. The number of aromatic nitrogens is 1. The van der Waals surface area contributed by atoms with Crippen LogP contribution in [0.25, 0.3) is 0 Å². The molecule has 1 aromatic heterocycles. The fourth-order valence-electron chi connectivity index (χ4n) is 2.31. The van der Waals surface area contributed by atoms with Gasteiger partial charge < -0.3 is 10.4 Å². The maximum atomic E-state index is 12.0. The third-order valence-electron chi connectivity index (χ3n) is 3.43. The van der Waals surface area contributed by atoms with E-state index >= 15 is 0 Å². The summed E-state index contributed by atoms with van der Waals surface area (Å²) in [5.41, 5.74) is 1.58. The van der Waals surface area contributed by atoms with Crippen molar-refractivity contribution in [1.29, 1.82) is 0 Å². The second kappa shape index (κ2) is 5.69. The van der Waals surface area contributed by atoms with E-state index in [4.69, 9.17) is 5.11 Å². The monoisotopic (exact) mass is 326 g/mol. The van der Waals surface area contributed by atoms with E-state index in [1.165, 1.54) is 0 Å². The number of aliphatic carboxylic acids is 1. The van der Waals surface area contributed by atoms with Crippen molar-refractivity contribution < 1.29 is 14.7 Å². The van der Waals surface area contributed by atoms with Gasteiger partial charge in [0.15, 0.2) is 0 Å². The van der Waals surface area contributed by atoms with Gasteiger partial charge in [-0.3, -0.25) is 9.59 Å². The fourth-order valence-corrected chi connectivity index (χ4v) is 2.53. The molecule has 0 radical (unpaired) electrons. The molecule has 19 heavy (non-hydrogen) atoms. The summed E-state index contributed by atoms with van der Waals surface area (Å²) in [6.07, 6.45) is 3.21. The third kappa shape index (κ3) is 3.32. The maximum Gasteiger partial charge on any atom is 0.306 e. The molecule has 0 bridgehead atoms. The van der Waals surface area contributed by atoms with Crippen LogP contribution in [0.3, 0.4) is 0 Å². The number of rotatable bonds is 3. The Balaban J connectivity index is 1.98. The second-order valence-corrected chi connectivity index (χ2v) is 5.62. The lowest BCUT2D eigenvalue weighted by molar-refractivity contribution is -0.141. The van der Waals surface area contributed by atoms with Crippen molar-refractivity contribution in [2.24, 2.45) is 11.8 Å². The Morgan fingerprint density at radius 3 is 2.68 bits per heavy atom. The number of nitrogens with one attached hydrogen (secondary N) is 1. The molecule has 0 saturated heterocycles. The molecule has 2 rings (SSSR count). The van der Waals surface area contributed by atoms with Crippen molar-refractivity contribution in [2.75, 3.05) is 5.32 Å². The van der Waals surface area contributed by atoms with E-state index in [1.54, 1.807) is 6.20 Å². The number of anilines is 1. The Kier molecular flexibility index (Phi) is 4.19. The van der Waals surface area contributed by atoms with Gasteiger partial charge in [0.2, 0.25) is 5.91 Å². The minimum absolute atomic E-state index is 0.118. The molecule has 0 aromatic carbocycles. The number of aryl methyl sites for hydroxylation is 1. The standard InChI is InChI=1S/C13H15BrN2O3/c1-7-4-10(6-15-11(7)14)16-12(17)8-2-3-9(5-8)13(18)19/h4,6,8-9H,2-3,5H2,1H3,(H,16,17)(H,18,19)/t8-,9+/m1/s1. The summed E-state index contributed by atoms with van der Waals surface area (Å²) in [5.74, 6) is -1.53. The maximum absolute atomic E-state index is 12.0. The van der Waals surface area contributed by atoms with Crippen LogP contribution in [-0.2, 0) is 9.59 Å². The van der Waals surface area contributed by atoms with Crippen molar-refractivity contribution >= 4 is 33.5 Å². The highest BCUT2D eigenvalue weighted by atomic mass is 79.9. The number of carboxylic acids is 1. The van der Waals surface area contributed by atoms with Crippen LogP contribution in [0.2, 0.25) is 0 Å². The highest BCUT2D eigenvalue weighted by Gasteiger charge is 2.33. The first-order chi connectivity index (χ1) is 8.97. The van der Waals surface area contributed by atoms with Crippen LogP contribution in [0.4, 0.5) is 5.69 Å². The average molecular weight is 327 g/mol. The average Bonchev–Trinajstić information content (AvgIpc) is 2.83. The number of pyridine rings is 1. The van der Waals surface area contributed by atoms with Crippen LogP contribution in [0, 0.1) is 18.8 Å². The smallest absolute Gasteiger partial charge is 0.306 e. The summed E-state index contributed by atoms with van der Waals surface area (Å²) < 4.78 is 0.748. The van der Waals surface area contributed by atoms with E-state index < -0.39 is 5.97 Å². The summed E-state index contributed by atoms with van der Waals surface area (Å²) >= 11 is 3.30. The Bertz CT molecular complexity index is 519. The highest BCUT2D eigenvalue weighted by Crippen LogP contribution is 2.32. The summed E-state index contributed by atoms with van der Waals surface area (Å²) in [7, 11) is 0. The van der Waals surface area contributed by atoms with Crippen LogP contribution in [0.15, 0.2) is 16.9 Å². The van der Waals surface area contributed by atoms with Gasteiger partial charge in [0, 0.05) is 5.92 Å². The van der Waals surface area contributed by atoms with Crippen molar-refractivity contribution in [3.05, 3.63) is 22.4 Å². The van der Waals surface area contributed by atoms with E-state index in [1.807, 2.05) is 13.0 Å². The molecule has 2 N–H and O–H groups in total. The third-order valence-corrected chi connectivity index (χ3v) is 4.26. The molecule has 1 amide bonds. The number of carbonyl (C=O) groups excluding carboxylic acids is 1. The zero-order valence-corrected chi connectivity index (χ0v) is 12.1. The molecule has 0 unspecified atom stereocenters. The first-order valence-corrected chi connectivity index (χ1v) is 6.92. The zero-order valence-electron chi connectivity index (χ0n) is 10.5. The molecule has 2 atom stereocenters. The molecule has 1 heterocycles. The van der Waals surface area contributed by atoms with Gasteiger partial charge >= 0.3 is 5.97 Å². The number of carboxylic acid groups (broad SMARTS) is 1. The molecule has 1 aliphatic carbocycles. The number of hydrogen-bond acceptors (Lipinski definition) is 3. The summed E-state index contributed by atoms with van der Waals surface area (Å²) in [6, 6.07) is 1.83. The second-order valence-electron chi connectivity index (χ2n) is 4.87. The van der Waals surface area contributed by atoms with E-state index in [2.05, 4.69) is 26.2 Å². The van der Waals surface area contributed by atoms with Gasteiger partial charge in [-0.25, -0.2) is 4.98 Å². The molecule has 5 nitrogen and oxygen atoms in total. The molecule has 1 saturated carbocycles. The van der Waals surface area contributed by atoms with Gasteiger partial charge in [0.1, 0.15) is 4.60 Å². The Morgan fingerprint density at radius 1 is 1.42 bits per heavy atom. The SMILES string of the molecule is Cc1cc(NC(=O)[C@@H]2CC[C@H](C(=O)O)C2)cnc1Br. The fraction of sp³-hybridized carbons (Fsp3) is 0.462. The molecule has 0 aliphatic heterocycles. The predicted molar refractivity (Wildman–Crippen MR) is 73.8 cm³/mol. The minimum Gasteiger partial charge on any atom is -0.481 e. The van der Waals surface area contributed by atoms with Crippen molar-refractivity contribution in [1.82, 2.24) is 4.98 Å². The van der Waals surface area contributed by atoms with Crippen molar-refractivity contribution in [3.63, 3.8) is 0 Å². The molecule has 1 aromatic rings. The van der Waals surface area contributed by atoms with Crippen LogP contribution in [-0.4, -0.2) is 22.0 Å². The van der Waals surface area contributed by atoms with E-state index in [0.29, 0.717) is 24.9 Å². The van der Waals surface area contributed by atoms with Gasteiger partial charge in [0.25, 0.3) is 0 Å². The van der Waals surface area contributed by atoms with Gasteiger partial charge in [-0.05, 0) is 53.7 Å². The molecule has 1 aliphatic rings. The summed E-state index contributed by atoms with van der Waals surface area (Å²) in [5, 5.41) is 11.7. The van der Waals surface area contributed by atoms with Crippen molar-refractivity contribution in [3.8, 4) is 0 Å². The van der Waals surface area contributed by atoms with Crippen LogP contribution in [0.1, 0.15) is 24.8 Å². The molecular weight excluding hydrogens is 312 g/mol. The molecule has 1 fully saturated rings. The van der Waals surface area contributed by atoms with Crippen LogP contribution < -0.4 is 5.32 Å². The molecule has 102 valence electrons. The summed E-state index contributed by atoms with van der Waals surface area (Å²) in [6.45, 7) is 1.89. The van der Waals surface area contributed by atoms with Gasteiger partial charge in [-0.15, -0.1) is 0 Å². The molecular formula is C13H15BrN2O3. The Labute approximate surface area is 119 Å². The highest BCUT2D eigenvalue weighted by molar-refractivity contribution is 9.10. The Morgan fingerprint density at radius 2 is 2.11 bits per heavy atom. The first-order valence-electron chi connectivity index (χ1n) is 6.13. The van der Waals surface area contributed by atoms with Gasteiger partial charge in [-0.2, -0.15) is 0 Å². The van der Waals surface area contributed by atoms with Crippen LogP contribution >= 0.6 is 15.9 Å². The lowest BCUT2D eigenvalue weighted by atomic mass is 10.0. The normalized spacial score (nSPS) is 22.2. The van der Waals surface area contributed by atoms with Crippen LogP contribution in [0.5, 0.6) is 0 Å². The number of halogens is 1. The zero-order chi connectivity index (χ0) is 14.0.